The molecule has 3 aromatic rings. The predicted octanol–water partition coefficient (Wildman–Crippen LogP) is 3.80. The summed E-state index contributed by atoms with van der Waals surface area (Å²) in [4.78, 5) is 35.6. The zero-order valence-electron chi connectivity index (χ0n) is 15.3. The summed E-state index contributed by atoms with van der Waals surface area (Å²) in [5.74, 6) is -0.615. The van der Waals surface area contributed by atoms with E-state index in [0.29, 0.717) is 21.6 Å². The Balaban J connectivity index is 1.44. The van der Waals surface area contributed by atoms with Crippen molar-refractivity contribution in [2.24, 2.45) is 0 Å². The molecule has 0 aliphatic carbocycles. The minimum absolute atomic E-state index is 0.0764. The SMILES string of the molecule is O=C(COc1ccc(Cl)cc1)NNC(=O)NC(=O)c1ccc(-c2ccc(Cl)cc2)o1. The molecule has 0 fully saturated rings. The van der Waals surface area contributed by atoms with E-state index in [1.165, 1.54) is 6.07 Å². The smallest absolute Gasteiger partial charge is 0.340 e. The van der Waals surface area contributed by atoms with Crippen LogP contribution in [0.3, 0.4) is 0 Å². The lowest BCUT2D eigenvalue weighted by molar-refractivity contribution is -0.123. The summed E-state index contributed by atoms with van der Waals surface area (Å²) in [5.41, 5.74) is 4.87. The molecule has 30 heavy (non-hydrogen) atoms. The highest BCUT2D eigenvalue weighted by molar-refractivity contribution is 6.30. The molecule has 0 spiro atoms. The fourth-order valence-corrected chi connectivity index (χ4v) is 2.52. The molecule has 0 aliphatic heterocycles. The molecule has 0 saturated carbocycles. The molecule has 10 heteroatoms. The summed E-state index contributed by atoms with van der Waals surface area (Å²) >= 11 is 11.6. The van der Waals surface area contributed by atoms with E-state index in [4.69, 9.17) is 32.4 Å². The average Bonchev–Trinajstić information content (AvgIpc) is 3.23. The van der Waals surface area contributed by atoms with Crippen molar-refractivity contribution in [3.63, 3.8) is 0 Å². The highest BCUT2D eigenvalue weighted by atomic mass is 35.5. The topological polar surface area (TPSA) is 110 Å². The number of carbonyl (C=O) groups is 3. The molecule has 0 atom stereocenters. The second-order valence-corrected chi connectivity index (χ2v) is 6.74. The van der Waals surface area contributed by atoms with Gasteiger partial charge in [0.25, 0.3) is 11.8 Å². The van der Waals surface area contributed by atoms with Crippen LogP contribution in [-0.4, -0.2) is 24.5 Å². The van der Waals surface area contributed by atoms with E-state index in [1.54, 1.807) is 54.6 Å². The molecule has 0 aliphatic rings. The standard InChI is InChI=1S/C20H15Cl2N3O5/c21-13-3-1-12(2-4-13)16-9-10-17(30-16)19(27)23-20(28)25-24-18(26)11-29-15-7-5-14(22)6-8-15/h1-10H,11H2,(H,24,26)(H2,23,25,27,28). The van der Waals surface area contributed by atoms with Crippen molar-refractivity contribution >= 4 is 41.0 Å². The van der Waals surface area contributed by atoms with Crippen LogP contribution in [0.5, 0.6) is 5.75 Å². The van der Waals surface area contributed by atoms with Gasteiger partial charge in [-0.05, 0) is 60.7 Å². The van der Waals surface area contributed by atoms with Gasteiger partial charge in [-0.25, -0.2) is 10.2 Å². The number of amides is 4. The molecule has 3 N–H and O–H groups in total. The first kappa shape index (κ1) is 21.2. The quantitative estimate of drug-likeness (QED) is 0.515. The number of hydrogen-bond donors (Lipinski definition) is 3. The van der Waals surface area contributed by atoms with E-state index in [2.05, 4.69) is 5.43 Å². The van der Waals surface area contributed by atoms with E-state index in [9.17, 15) is 14.4 Å². The number of hydrazine groups is 1. The molecule has 2 aromatic carbocycles. The van der Waals surface area contributed by atoms with Crippen LogP contribution in [0.1, 0.15) is 10.6 Å². The van der Waals surface area contributed by atoms with Gasteiger partial charge in [-0.2, -0.15) is 0 Å². The molecule has 4 amide bonds. The van der Waals surface area contributed by atoms with E-state index >= 15 is 0 Å². The first-order valence-electron chi connectivity index (χ1n) is 8.55. The Labute approximate surface area is 181 Å². The number of urea groups is 1. The largest absolute Gasteiger partial charge is 0.484 e. The minimum Gasteiger partial charge on any atom is -0.484 e. The number of hydrogen-bond acceptors (Lipinski definition) is 5. The Morgan fingerprint density at radius 2 is 1.47 bits per heavy atom. The Bertz CT molecular complexity index is 1050. The van der Waals surface area contributed by atoms with Crippen LogP contribution in [0, 0.1) is 0 Å². The summed E-state index contributed by atoms with van der Waals surface area (Å²) in [6.07, 6.45) is 0. The fraction of sp³-hybridized carbons (Fsp3) is 0.0500. The number of carbonyl (C=O) groups excluding carboxylic acids is 3. The van der Waals surface area contributed by atoms with E-state index < -0.39 is 17.8 Å². The second kappa shape index (κ2) is 9.82. The molecular formula is C20H15Cl2N3O5. The van der Waals surface area contributed by atoms with Crippen molar-refractivity contribution in [2.75, 3.05) is 6.61 Å². The zero-order chi connectivity index (χ0) is 21.5. The van der Waals surface area contributed by atoms with Crippen LogP contribution < -0.4 is 20.9 Å². The molecule has 0 saturated heterocycles. The van der Waals surface area contributed by atoms with Crippen molar-refractivity contribution < 1.29 is 23.5 Å². The number of imide groups is 1. The van der Waals surface area contributed by atoms with Gasteiger partial charge in [0.05, 0.1) is 0 Å². The van der Waals surface area contributed by atoms with Gasteiger partial charge >= 0.3 is 6.03 Å². The van der Waals surface area contributed by atoms with Gasteiger partial charge in [0.1, 0.15) is 11.5 Å². The first-order valence-corrected chi connectivity index (χ1v) is 9.30. The van der Waals surface area contributed by atoms with Crippen LogP contribution >= 0.6 is 23.2 Å². The number of nitrogens with one attached hydrogen (secondary N) is 3. The maximum absolute atomic E-state index is 12.1. The number of benzene rings is 2. The molecule has 154 valence electrons. The van der Waals surface area contributed by atoms with Gasteiger partial charge in [0.2, 0.25) is 0 Å². The molecule has 0 radical (unpaired) electrons. The Kier molecular flexibility index (Phi) is 6.95. The third-order valence-corrected chi connectivity index (χ3v) is 4.19. The number of ether oxygens (including phenoxy) is 1. The lowest BCUT2D eigenvalue weighted by Crippen LogP contribution is -2.49. The van der Waals surface area contributed by atoms with E-state index in [-0.39, 0.29) is 12.4 Å². The van der Waals surface area contributed by atoms with Crippen LogP contribution in [-0.2, 0) is 4.79 Å². The van der Waals surface area contributed by atoms with Gasteiger partial charge in [-0.1, -0.05) is 23.2 Å². The summed E-state index contributed by atoms with van der Waals surface area (Å²) in [5, 5.41) is 3.14. The summed E-state index contributed by atoms with van der Waals surface area (Å²) in [7, 11) is 0. The van der Waals surface area contributed by atoms with Crippen LogP contribution in [0.4, 0.5) is 4.79 Å². The van der Waals surface area contributed by atoms with Crippen molar-refractivity contribution in [1.29, 1.82) is 0 Å². The van der Waals surface area contributed by atoms with Crippen LogP contribution in [0.2, 0.25) is 10.0 Å². The highest BCUT2D eigenvalue weighted by Gasteiger charge is 2.15. The fourth-order valence-electron chi connectivity index (χ4n) is 2.27. The van der Waals surface area contributed by atoms with Crippen molar-refractivity contribution in [3.8, 4) is 17.1 Å². The summed E-state index contributed by atoms with van der Waals surface area (Å²) in [6, 6.07) is 15.3. The number of halogens is 2. The molecule has 3 rings (SSSR count). The molecule has 1 aromatic heterocycles. The lowest BCUT2D eigenvalue weighted by atomic mass is 10.2. The van der Waals surface area contributed by atoms with Gasteiger partial charge in [0, 0.05) is 15.6 Å². The van der Waals surface area contributed by atoms with Gasteiger partial charge in [0.15, 0.2) is 12.4 Å². The summed E-state index contributed by atoms with van der Waals surface area (Å²) < 4.78 is 10.7. The molecule has 0 bridgehead atoms. The zero-order valence-corrected chi connectivity index (χ0v) is 16.8. The van der Waals surface area contributed by atoms with Gasteiger partial charge in [-0.15, -0.1) is 0 Å². The number of furan rings is 1. The monoisotopic (exact) mass is 447 g/mol. The normalized spacial score (nSPS) is 10.2. The van der Waals surface area contributed by atoms with Crippen LogP contribution in [0.15, 0.2) is 65.1 Å². The number of rotatable bonds is 5. The molecule has 1 heterocycles. The van der Waals surface area contributed by atoms with Crippen LogP contribution in [0.25, 0.3) is 11.3 Å². The highest BCUT2D eigenvalue weighted by Crippen LogP contribution is 2.23. The van der Waals surface area contributed by atoms with E-state index in [1.807, 2.05) is 10.7 Å². The minimum atomic E-state index is -0.940. The maximum atomic E-state index is 12.1. The first-order chi connectivity index (χ1) is 14.4. The Morgan fingerprint density at radius 3 is 2.13 bits per heavy atom. The molecule has 0 unspecified atom stereocenters. The van der Waals surface area contributed by atoms with E-state index in [0.717, 1.165) is 5.56 Å². The maximum Gasteiger partial charge on any atom is 0.340 e. The Morgan fingerprint density at radius 1 is 0.833 bits per heavy atom. The average molecular weight is 448 g/mol. The second-order valence-electron chi connectivity index (χ2n) is 5.87. The summed E-state index contributed by atoms with van der Waals surface area (Å²) in [6.45, 7) is -0.349. The third kappa shape index (κ3) is 6.00. The third-order valence-electron chi connectivity index (χ3n) is 3.68. The lowest BCUT2D eigenvalue weighted by Gasteiger charge is -2.09. The Hall–Kier alpha value is -3.49. The van der Waals surface area contributed by atoms with Crippen molar-refractivity contribution in [3.05, 3.63) is 76.5 Å². The molecule has 8 nitrogen and oxygen atoms in total. The predicted molar refractivity (Wildman–Crippen MR) is 110 cm³/mol. The molecular weight excluding hydrogens is 433 g/mol. The van der Waals surface area contributed by atoms with Crippen molar-refractivity contribution in [1.82, 2.24) is 16.2 Å². The van der Waals surface area contributed by atoms with Crippen molar-refractivity contribution in [2.45, 2.75) is 0 Å². The van der Waals surface area contributed by atoms with Gasteiger partial charge < -0.3 is 9.15 Å². The van der Waals surface area contributed by atoms with Gasteiger partial charge in [-0.3, -0.25) is 20.3 Å².